The van der Waals surface area contributed by atoms with Gasteiger partial charge in [-0.1, -0.05) is 31.3 Å². The summed E-state index contributed by atoms with van der Waals surface area (Å²) in [5.74, 6) is 3.72. The lowest BCUT2D eigenvalue weighted by atomic mass is 9.87. The molecule has 0 radical (unpaired) electrons. The molecule has 1 aromatic rings. The highest BCUT2D eigenvalue weighted by Gasteiger charge is 2.38. The van der Waals surface area contributed by atoms with Crippen molar-refractivity contribution in [2.45, 2.75) is 63.5 Å². The van der Waals surface area contributed by atoms with Gasteiger partial charge in [-0.3, -0.25) is 4.99 Å². The lowest BCUT2D eigenvalue weighted by Crippen LogP contribution is -2.53. The molecule has 0 unspecified atom stereocenters. The van der Waals surface area contributed by atoms with Gasteiger partial charge in [0.15, 0.2) is 11.8 Å². The Bertz CT molecular complexity index is 562. The van der Waals surface area contributed by atoms with Gasteiger partial charge in [-0.05, 0) is 19.8 Å². The molecular weight excluding hydrogens is 334 g/mol. The molecule has 1 aliphatic heterocycles. The minimum absolute atomic E-state index is 0.455. The van der Waals surface area contributed by atoms with Gasteiger partial charge in [0.05, 0.1) is 0 Å². The van der Waals surface area contributed by atoms with E-state index < -0.39 is 0 Å². The Morgan fingerprint density at radius 1 is 1.32 bits per heavy atom. The molecule has 6 nitrogen and oxygen atoms in total. The zero-order valence-corrected chi connectivity index (χ0v) is 16.4. The summed E-state index contributed by atoms with van der Waals surface area (Å²) in [6.45, 7) is 7.97. The minimum atomic E-state index is 0.455. The number of rotatable bonds is 5. The number of thioether (sulfide) groups is 1. The summed E-state index contributed by atoms with van der Waals surface area (Å²) >= 11 is 2.19. The molecule has 7 heteroatoms. The summed E-state index contributed by atoms with van der Waals surface area (Å²) in [5.41, 5.74) is 0. The molecule has 2 aliphatic rings. The first kappa shape index (κ1) is 18.5. The van der Waals surface area contributed by atoms with Crippen LogP contribution in [-0.2, 0) is 12.8 Å². The van der Waals surface area contributed by atoms with Gasteiger partial charge in [0, 0.05) is 49.5 Å². The number of hydrogen-bond donors (Lipinski definition) is 1. The molecule has 2 heterocycles. The van der Waals surface area contributed by atoms with Crippen molar-refractivity contribution in [1.82, 2.24) is 20.4 Å². The van der Waals surface area contributed by atoms with Gasteiger partial charge in [-0.15, -0.1) is 0 Å². The van der Waals surface area contributed by atoms with Crippen LogP contribution in [0.15, 0.2) is 9.52 Å². The molecule has 3 rings (SSSR count). The highest BCUT2D eigenvalue weighted by molar-refractivity contribution is 8.00. The topological polar surface area (TPSA) is 66.5 Å². The number of nitrogens with zero attached hydrogens (tertiary/aromatic N) is 4. The Labute approximate surface area is 155 Å². The first-order valence-electron chi connectivity index (χ1n) is 9.73. The van der Waals surface area contributed by atoms with Gasteiger partial charge in [-0.25, -0.2) is 0 Å². The van der Waals surface area contributed by atoms with Crippen LogP contribution in [0.2, 0.25) is 0 Å². The predicted molar refractivity (Wildman–Crippen MR) is 103 cm³/mol. The van der Waals surface area contributed by atoms with E-state index in [-0.39, 0.29) is 0 Å². The molecule has 140 valence electrons. The third-order valence-electron chi connectivity index (χ3n) is 5.06. The number of nitrogens with one attached hydrogen (secondary N) is 1. The second-order valence-electron chi connectivity index (χ2n) is 6.96. The third-order valence-corrected chi connectivity index (χ3v) is 6.59. The van der Waals surface area contributed by atoms with E-state index in [1.165, 1.54) is 37.9 Å². The second kappa shape index (κ2) is 8.92. The third kappa shape index (κ3) is 4.90. The molecule has 1 aromatic heterocycles. The Hall–Kier alpha value is -1.24. The Balaban J connectivity index is 1.60. The first-order valence-corrected chi connectivity index (χ1v) is 10.7. The quantitative estimate of drug-likeness (QED) is 0.639. The van der Waals surface area contributed by atoms with Gasteiger partial charge in [0.2, 0.25) is 5.89 Å². The molecule has 0 amide bonds. The molecule has 1 N–H and O–H groups in total. The molecule has 1 aliphatic carbocycles. The van der Waals surface area contributed by atoms with Crippen LogP contribution in [-0.4, -0.2) is 57.7 Å². The molecule has 1 saturated carbocycles. The number of aryl methyl sites for hydroxylation is 1. The van der Waals surface area contributed by atoms with Crippen LogP contribution in [0.5, 0.6) is 0 Å². The fourth-order valence-electron chi connectivity index (χ4n) is 3.75. The van der Waals surface area contributed by atoms with E-state index in [0.29, 0.717) is 17.2 Å². The minimum Gasteiger partial charge on any atom is -0.357 e. The fraction of sp³-hybridized carbons (Fsp3) is 0.833. The van der Waals surface area contributed by atoms with Crippen molar-refractivity contribution in [3.63, 3.8) is 0 Å². The van der Waals surface area contributed by atoms with E-state index in [9.17, 15) is 0 Å². The van der Waals surface area contributed by atoms with Crippen molar-refractivity contribution in [2.75, 3.05) is 31.9 Å². The predicted octanol–water partition coefficient (Wildman–Crippen LogP) is 2.89. The molecule has 1 spiro atoms. The van der Waals surface area contributed by atoms with Crippen LogP contribution in [0.3, 0.4) is 0 Å². The van der Waals surface area contributed by atoms with E-state index in [1.807, 2.05) is 6.92 Å². The van der Waals surface area contributed by atoms with Crippen LogP contribution in [0.4, 0.5) is 0 Å². The van der Waals surface area contributed by atoms with Gasteiger partial charge in [-0.2, -0.15) is 16.7 Å². The second-order valence-corrected chi connectivity index (χ2v) is 8.52. The zero-order valence-electron chi connectivity index (χ0n) is 15.6. The highest BCUT2D eigenvalue weighted by Crippen LogP contribution is 2.42. The average Bonchev–Trinajstić information content (AvgIpc) is 3.10. The standard InChI is InChI=1S/C18H31N5OS/c1-3-16-21-15(22-24-16)8-11-20-17(19-4-2)23-12-13-25-18(14-23)9-6-5-7-10-18/h3-14H2,1-2H3,(H,19,20). The monoisotopic (exact) mass is 365 g/mol. The van der Waals surface area contributed by atoms with Crippen LogP contribution >= 0.6 is 11.8 Å². The van der Waals surface area contributed by atoms with E-state index >= 15 is 0 Å². The summed E-state index contributed by atoms with van der Waals surface area (Å²) < 4.78 is 5.63. The van der Waals surface area contributed by atoms with Crippen molar-refractivity contribution in [3.8, 4) is 0 Å². The maximum Gasteiger partial charge on any atom is 0.226 e. The van der Waals surface area contributed by atoms with Crippen molar-refractivity contribution in [1.29, 1.82) is 0 Å². The molecule has 2 fully saturated rings. The highest BCUT2D eigenvalue weighted by atomic mass is 32.2. The van der Waals surface area contributed by atoms with Crippen LogP contribution in [0.1, 0.15) is 57.7 Å². The molecule has 0 bridgehead atoms. The maximum atomic E-state index is 5.17. The zero-order chi connectivity index (χ0) is 17.5. The van der Waals surface area contributed by atoms with Gasteiger partial charge >= 0.3 is 0 Å². The summed E-state index contributed by atoms with van der Waals surface area (Å²) in [4.78, 5) is 11.7. The lowest BCUT2D eigenvalue weighted by Gasteiger charge is -2.45. The van der Waals surface area contributed by atoms with E-state index in [4.69, 9.17) is 9.52 Å². The van der Waals surface area contributed by atoms with E-state index in [0.717, 1.165) is 44.3 Å². The number of aliphatic imine (C=N–C) groups is 1. The molecular formula is C18H31N5OS. The summed E-state index contributed by atoms with van der Waals surface area (Å²) in [6.07, 6.45) is 8.39. The Morgan fingerprint density at radius 3 is 2.88 bits per heavy atom. The number of hydrogen-bond acceptors (Lipinski definition) is 5. The van der Waals surface area contributed by atoms with Gasteiger partial charge in [0.25, 0.3) is 0 Å². The molecule has 25 heavy (non-hydrogen) atoms. The molecule has 1 saturated heterocycles. The normalized spacial score (nSPS) is 20.9. The van der Waals surface area contributed by atoms with Crippen LogP contribution in [0.25, 0.3) is 0 Å². The van der Waals surface area contributed by atoms with Gasteiger partial charge < -0.3 is 14.7 Å². The van der Waals surface area contributed by atoms with Crippen molar-refractivity contribution in [2.24, 2.45) is 4.99 Å². The largest absolute Gasteiger partial charge is 0.357 e. The van der Waals surface area contributed by atoms with Crippen LogP contribution in [0, 0.1) is 0 Å². The summed E-state index contributed by atoms with van der Waals surface area (Å²) in [7, 11) is 0. The van der Waals surface area contributed by atoms with Crippen molar-refractivity contribution >= 4 is 17.7 Å². The number of guanidine groups is 1. The van der Waals surface area contributed by atoms with Crippen molar-refractivity contribution < 1.29 is 4.52 Å². The van der Waals surface area contributed by atoms with E-state index in [2.05, 4.69) is 39.0 Å². The summed E-state index contributed by atoms with van der Waals surface area (Å²) in [5, 5.41) is 7.50. The SMILES string of the molecule is CCNC(=NCCc1noc(CC)n1)N1CCSC2(CCCCC2)C1. The van der Waals surface area contributed by atoms with Gasteiger partial charge in [0.1, 0.15) is 0 Å². The van der Waals surface area contributed by atoms with Crippen LogP contribution < -0.4 is 5.32 Å². The summed E-state index contributed by atoms with van der Waals surface area (Å²) in [6, 6.07) is 0. The Kier molecular flexibility index (Phi) is 6.62. The molecule has 0 atom stereocenters. The smallest absolute Gasteiger partial charge is 0.226 e. The first-order chi connectivity index (χ1) is 12.2. The van der Waals surface area contributed by atoms with E-state index in [1.54, 1.807) is 0 Å². The maximum absolute atomic E-state index is 5.17. The fourth-order valence-corrected chi connectivity index (χ4v) is 5.32. The Morgan fingerprint density at radius 2 is 2.16 bits per heavy atom. The molecule has 0 aromatic carbocycles. The lowest BCUT2D eigenvalue weighted by molar-refractivity contribution is 0.293. The average molecular weight is 366 g/mol. The number of aromatic nitrogens is 2. The van der Waals surface area contributed by atoms with Crippen molar-refractivity contribution in [3.05, 3.63) is 11.7 Å².